The predicted octanol–water partition coefficient (Wildman–Crippen LogP) is 4.95. The largest absolute Gasteiger partial charge is 0.618 e. The van der Waals surface area contributed by atoms with Crippen LogP contribution in [0.1, 0.15) is 35.5 Å². The fourth-order valence-corrected chi connectivity index (χ4v) is 6.26. The first-order valence-electron chi connectivity index (χ1n) is 12.4. The molecule has 39 heavy (non-hydrogen) atoms. The predicted molar refractivity (Wildman–Crippen MR) is 148 cm³/mol. The van der Waals surface area contributed by atoms with E-state index in [1.165, 1.54) is 30.1 Å². The van der Waals surface area contributed by atoms with Gasteiger partial charge in [-0.2, -0.15) is 4.73 Å². The van der Waals surface area contributed by atoms with Crippen molar-refractivity contribution >= 4 is 27.5 Å². The van der Waals surface area contributed by atoms with Gasteiger partial charge in [-0.15, -0.1) is 0 Å². The van der Waals surface area contributed by atoms with Crippen LogP contribution in [0.3, 0.4) is 0 Å². The molecular weight excluding hydrogens is 536 g/mol. The van der Waals surface area contributed by atoms with Crippen LogP contribution in [-0.4, -0.2) is 25.4 Å². The van der Waals surface area contributed by atoms with E-state index in [-0.39, 0.29) is 23.7 Å². The van der Waals surface area contributed by atoms with Gasteiger partial charge in [-0.05, 0) is 41.5 Å². The Labute approximate surface area is 231 Å². The summed E-state index contributed by atoms with van der Waals surface area (Å²) in [7, 11) is -3.71. The number of aliphatic hydroxyl groups is 1. The van der Waals surface area contributed by atoms with Gasteiger partial charge in [0, 0.05) is 35.6 Å². The fourth-order valence-electron chi connectivity index (χ4n) is 4.25. The molecule has 1 aromatic heterocycles. The van der Waals surface area contributed by atoms with E-state index in [1.54, 1.807) is 54.6 Å². The second-order valence-electron chi connectivity index (χ2n) is 9.07. The molecule has 2 N–H and O–H groups in total. The molecule has 8 nitrogen and oxygen atoms in total. The molecule has 3 atom stereocenters. The number of pyridine rings is 1. The molecule has 0 spiro atoms. The molecule has 10 heteroatoms. The second-order valence-corrected chi connectivity index (χ2v) is 11.8. The molecule has 0 amide bonds. The van der Waals surface area contributed by atoms with Crippen molar-refractivity contribution < 1.29 is 27.7 Å². The highest BCUT2D eigenvalue weighted by Crippen LogP contribution is 2.39. The Hall–Kier alpha value is -3.41. The van der Waals surface area contributed by atoms with E-state index >= 15 is 0 Å². The normalized spacial score (nSPS) is 19.5. The number of thioether (sulfide) groups is 1. The van der Waals surface area contributed by atoms with Crippen molar-refractivity contribution in [3.05, 3.63) is 125 Å². The minimum absolute atomic E-state index is 0.0382. The highest BCUT2D eigenvalue weighted by molar-refractivity contribution is 7.99. The SMILES string of the molecule is O=S(=O)(Nc1ccc(C2OC(CSc3cccc[n+]3[O-])CC(c3ccc(CO)cc3)O2)cc1)c1ccccc1. The van der Waals surface area contributed by atoms with Crippen LogP contribution >= 0.6 is 11.8 Å². The monoisotopic (exact) mass is 564 g/mol. The molecular formula is C29H28N2O6S2. The van der Waals surface area contributed by atoms with Crippen molar-refractivity contribution in [2.45, 2.75) is 41.4 Å². The maximum atomic E-state index is 12.7. The van der Waals surface area contributed by atoms with Crippen molar-refractivity contribution in [1.82, 2.24) is 0 Å². The Morgan fingerprint density at radius 2 is 1.59 bits per heavy atom. The van der Waals surface area contributed by atoms with Gasteiger partial charge in [0.05, 0.1) is 23.7 Å². The van der Waals surface area contributed by atoms with Gasteiger partial charge in [0.1, 0.15) is 0 Å². The van der Waals surface area contributed by atoms with Gasteiger partial charge in [0.15, 0.2) is 12.5 Å². The average Bonchev–Trinajstić information content (AvgIpc) is 2.97. The van der Waals surface area contributed by atoms with Gasteiger partial charge >= 0.3 is 0 Å². The maximum Gasteiger partial charge on any atom is 0.261 e. The van der Waals surface area contributed by atoms with E-state index in [1.807, 2.05) is 30.3 Å². The summed E-state index contributed by atoms with van der Waals surface area (Å²) in [6, 6.07) is 28.0. The number of aliphatic hydroxyl groups excluding tert-OH is 1. The number of rotatable bonds is 9. The first kappa shape index (κ1) is 27.2. The number of hydrogen-bond acceptors (Lipinski definition) is 7. The van der Waals surface area contributed by atoms with Crippen molar-refractivity contribution in [2.75, 3.05) is 10.5 Å². The topological polar surface area (TPSA) is 112 Å². The Morgan fingerprint density at radius 3 is 2.28 bits per heavy atom. The quantitative estimate of drug-likeness (QED) is 0.168. The lowest BCUT2D eigenvalue weighted by Gasteiger charge is -2.36. The van der Waals surface area contributed by atoms with Gasteiger partial charge in [0.25, 0.3) is 15.0 Å². The number of nitrogens with one attached hydrogen (secondary N) is 1. The summed E-state index contributed by atoms with van der Waals surface area (Å²) < 4.78 is 41.5. The van der Waals surface area contributed by atoms with Crippen molar-refractivity contribution in [3.63, 3.8) is 0 Å². The molecule has 3 unspecified atom stereocenters. The van der Waals surface area contributed by atoms with E-state index in [0.29, 0.717) is 22.9 Å². The lowest BCUT2D eigenvalue weighted by molar-refractivity contribution is -0.645. The van der Waals surface area contributed by atoms with E-state index in [9.17, 15) is 18.7 Å². The minimum atomic E-state index is -3.71. The highest BCUT2D eigenvalue weighted by Gasteiger charge is 2.32. The smallest absolute Gasteiger partial charge is 0.261 e. The average molecular weight is 565 g/mol. The molecule has 1 saturated heterocycles. The summed E-state index contributed by atoms with van der Waals surface area (Å²) in [5.41, 5.74) is 2.93. The molecule has 0 saturated carbocycles. The minimum Gasteiger partial charge on any atom is -0.618 e. The first-order chi connectivity index (χ1) is 18.9. The molecule has 0 bridgehead atoms. The van der Waals surface area contributed by atoms with Gasteiger partial charge in [0.2, 0.25) is 0 Å². The Kier molecular flexibility index (Phi) is 8.49. The molecule has 5 rings (SSSR count). The van der Waals surface area contributed by atoms with Crippen LogP contribution in [0.4, 0.5) is 5.69 Å². The highest BCUT2D eigenvalue weighted by atomic mass is 32.2. The Bertz CT molecular complexity index is 1480. The Balaban J connectivity index is 1.34. The van der Waals surface area contributed by atoms with E-state index in [2.05, 4.69) is 4.72 Å². The van der Waals surface area contributed by atoms with Crippen LogP contribution in [0.5, 0.6) is 0 Å². The van der Waals surface area contributed by atoms with Gasteiger partial charge in [-0.3, -0.25) is 4.72 Å². The van der Waals surface area contributed by atoms with Gasteiger partial charge in [-0.1, -0.05) is 66.4 Å². The molecule has 0 radical (unpaired) electrons. The molecule has 1 aliphatic rings. The second kappa shape index (κ2) is 12.2. The number of ether oxygens (including phenoxy) is 2. The summed E-state index contributed by atoms with van der Waals surface area (Å²) >= 11 is 1.42. The first-order valence-corrected chi connectivity index (χ1v) is 14.9. The maximum absolute atomic E-state index is 12.7. The molecule has 4 aromatic rings. The number of hydrogen-bond donors (Lipinski definition) is 2. The van der Waals surface area contributed by atoms with Crippen LogP contribution in [0.15, 0.2) is 113 Å². The summed E-state index contributed by atoms with van der Waals surface area (Å²) in [6.45, 7) is -0.0382. The lowest BCUT2D eigenvalue weighted by atomic mass is 10.0. The van der Waals surface area contributed by atoms with Crippen LogP contribution in [0.2, 0.25) is 0 Å². The zero-order chi connectivity index (χ0) is 27.2. The van der Waals surface area contributed by atoms with Crippen LogP contribution in [0.25, 0.3) is 0 Å². The van der Waals surface area contributed by atoms with Crippen molar-refractivity contribution in [3.8, 4) is 0 Å². The summed E-state index contributed by atoms with van der Waals surface area (Å²) in [6.07, 6.45) is 0.876. The summed E-state index contributed by atoms with van der Waals surface area (Å²) in [5, 5.41) is 22.1. The molecule has 1 aliphatic heterocycles. The van der Waals surface area contributed by atoms with E-state index < -0.39 is 16.3 Å². The number of nitrogens with zero attached hydrogens (tertiary/aromatic N) is 1. The number of anilines is 1. The molecule has 1 fully saturated rings. The van der Waals surface area contributed by atoms with Gasteiger partial charge < -0.3 is 19.8 Å². The van der Waals surface area contributed by atoms with Crippen molar-refractivity contribution in [2.24, 2.45) is 0 Å². The fraction of sp³-hybridized carbons (Fsp3) is 0.207. The van der Waals surface area contributed by atoms with Crippen LogP contribution in [0, 0.1) is 5.21 Å². The van der Waals surface area contributed by atoms with E-state index in [4.69, 9.17) is 9.47 Å². The number of sulfonamides is 1. The van der Waals surface area contributed by atoms with E-state index in [0.717, 1.165) is 21.4 Å². The molecule has 3 aromatic carbocycles. The summed E-state index contributed by atoms with van der Waals surface area (Å²) in [5.74, 6) is 0.548. The van der Waals surface area contributed by atoms with Crippen LogP contribution < -0.4 is 9.45 Å². The number of benzene rings is 3. The van der Waals surface area contributed by atoms with Crippen LogP contribution in [-0.2, 0) is 26.1 Å². The lowest BCUT2D eigenvalue weighted by Crippen LogP contribution is -2.32. The Morgan fingerprint density at radius 1 is 0.897 bits per heavy atom. The standard InChI is InChI=1S/C29H28N2O6S2/c32-19-21-9-11-22(12-10-21)27-18-25(20-38-28-8-4-5-17-31(28)33)36-29(37-27)23-13-15-24(16-14-23)30-39(34,35)26-6-2-1-3-7-26/h1-17,25,27,29-30,32H,18-20H2. The number of aromatic nitrogens is 1. The summed E-state index contributed by atoms with van der Waals surface area (Å²) in [4.78, 5) is 0.182. The zero-order valence-corrected chi connectivity index (χ0v) is 22.6. The van der Waals surface area contributed by atoms with Gasteiger partial charge in [-0.25, -0.2) is 8.42 Å². The molecule has 202 valence electrons. The third kappa shape index (κ3) is 6.78. The van der Waals surface area contributed by atoms with Crippen molar-refractivity contribution in [1.29, 1.82) is 0 Å². The third-order valence-electron chi connectivity index (χ3n) is 6.31. The zero-order valence-electron chi connectivity index (χ0n) is 20.9. The molecule has 2 heterocycles. The third-order valence-corrected chi connectivity index (χ3v) is 8.86. The molecule has 0 aliphatic carbocycles.